The number of nitrogens with one attached hydrogen (secondary N) is 1. The zero-order chi connectivity index (χ0) is 15.1. The van der Waals surface area contributed by atoms with Gasteiger partial charge in [0, 0.05) is 18.7 Å². The molecule has 19 heavy (non-hydrogen) atoms. The van der Waals surface area contributed by atoms with Gasteiger partial charge in [0.1, 0.15) is 0 Å². The SMILES string of the molecule is C=C(C)C(=O)NC.C=CC#N.C=Cc1ccccc1. The van der Waals surface area contributed by atoms with Crippen LogP contribution in [-0.4, -0.2) is 13.0 Å². The van der Waals surface area contributed by atoms with Crippen molar-refractivity contribution in [2.24, 2.45) is 0 Å². The Morgan fingerprint density at radius 3 is 1.95 bits per heavy atom. The maximum Gasteiger partial charge on any atom is 0.246 e. The summed E-state index contributed by atoms with van der Waals surface area (Å²) in [5.74, 6) is -0.0972. The summed E-state index contributed by atoms with van der Waals surface area (Å²) < 4.78 is 0. The summed E-state index contributed by atoms with van der Waals surface area (Å²) in [6.07, 6.45) is 3.01. The minimum atomic E-state index is -0.0972. The highest BCUT2D eigenvalue weighted by Crippen LogP contribution is 1.97. The fourth-order valence-corrected chi connectivity index (χ4v) is 0.803. The van der Waals surface area contributed by atoms with E-state index in [2.05, 4.69) is 25.1 Å². The first kappa shape index (κ1) is 18.8. The van der Waals surface area contributed by atoms with E-state index in [1.807, 2.05) is 36.4 Å². The summed E-state index contributed by atoms with van der Waals surface area (Å²) in [5.41, 5.74) is 1.72. The molecule has 0 atom stereocenters. The molecule has 1 aromatic rings. The third kappa shape index (κ3) is 13.3. The first-order valence-corrected chi connectivity index (χ1v) is 5.59. The van der Waals surface area contributed by atoms with E-state index in [-0.39, 0.29) is 5.91 Å². The molecule has 1 rings (SSSR count). The summed E-state index contributed by atoms with van der Waals surface area (Å²) in [7, 11) is 1.58. The van der Waals surface area contributed by atoms with Crippen LogP contribution in [-0.2, 0) is 4.79 Å². The molecule has 100 valence electrons. The first-order valence-electron chi connectivity index (χ1n) is 5.59. The van der Waals surface area contributed by atoms with Crippen molar-refractivity contribution in [1.29, 1.82) is 5.26 Å². The number of carbonyl (C=O) groups is 1. The summed E-state index contributed by atoms with van der Waals surface area (Å²) in [6, 6.07) is 11.7. The Morgan fingerprint density at radius 1 is 1.32 bits per heavy atom. The van der Waals surface area contributed by atoms with E-state index < -0.39 is 0 Å². The number of nitriles is 1. The molecule has 0 aliphatic rings. The number of hydrogen-bond donors (Lipinski definition) is 1. The molecule has 0 radical (unpaired) electrons. The van der Waals surface area contributed by atoms with E-state index in [0.29, 0.717) is 5.57 Å². The van der Waals surface area contributed by atoms with Crippen LogP contribution < -0.4 is 5.32 Å². The normalized spacial score (nSPS) is 7.21. The standard InChI is InChI=1S/C8H8.C5H9NO.C3H3N/c1-2-8-6-4-3-5-7-8;1-4(2)5(7)6-3;1-2-3-4/h2-7H,1H2;1H2,2-3H3,(H,6,7);2H,1H2. The molecule has 0 bridgehead atoms. The van der Waals surface area contributed by atoms with Crippen molar-refractivity contribution in [2.45, 2.75) is 6.92 Å². The molecular formula is C16H20N2O. The number of benzene rings is 1. The molecule has 0 aliphatic heterocycles. The predicted molar refractivity (Wildman–Crippen MR) is 81.2 cm³/mol. The van der Waals surface area contributed by atoms with Crippen LogP contribution in [0.25, 0.3) is 6.08 Å². The molecule has 1 amide bonds. The molecule has 0 saturated heterocycles. The second-order valence-electron chi connectivity index (χ2n) is 3.31. The maximum atomic E-state index is 10.3. The van der Waals surface area contributed by atoms with Crippen LogP contribution in [0.3, 0.4) is 0 Å². The fourth-order valence-electron chi connectivity index (χ4n) is 0.803. The van der Waals surface area contributed by atoms with Gasteiger partial charge in [0.15, 0.2) is 0 Å². The number of hydrogen-bond acceptors (Lipinski definition) is 2. The van der Waals surface area contributed by atoms with Gasteiger partial charge in [0.2, 0.25) is 5.91 Å². The average molecular weight is 256 g/mol. The molecule has 0 saturated carbocycles. The number of nitrogens with zero attached hydrogens (tertiary/aromatic N) is 1. The second-order valence-corrected chi connectivity index (χ2v) is 3.31. The Bertz CT molecular complexity index is 442. The minimum Gasteiger partial charge on any atom is -0.355 e. The number of likely N-dealkylation sites (N-methyl/N-ethyl adjacent to an activating group) is 1. The lowest BCUT2D eigenvalue weighted by atomic mass is 10.2. The van der Waals surface area contributed by atoms with Gasteiger partial charge in [-0.2, -0.15) is 5.26 Å². The van der Waals surface area contributed by atoms with Crippen molar-refractivity contribution in [3.63, 3.8) is 0 Å². The predicted octanol–water partition coefficient (Wildman–Crippen LogP) is 3.33. The molecule has 0 fully saturated rings. The third-order valence-electron chi connectivity index (χ3n) is 1.74. The molecule has 0 heterocycles. The van der Waals surface area contributed by atoms with E-state index >= 15 is 0 Å². The zero-order valence-electron chi connectivity index (χ0n) is 11.5. The van der Waals surface area contributed by atoms with E-state index in [9.17, 15) is 4.79 Å². The van der Waals surface area contributed by atoms with Gasteiger partial charge in [-0.25, -0.2) is 0 Å². The van der Waals surface area contributed by atoms with Gasteiger partial charge in [-0.3, -0.25) is 4.79 Å². The molecule has 1 N–H and O–H groups in total. The van der Waals surface area contributed by atoms with Crippen LogP contribution in [0.4, 0.5) is 0 Å². The molecule has 0 spiro atoms. The summed E-state index contributed by atoms with van der Waals surface area (Å²) in [6.45, 7) is 11.8. The van der Waals surface area contributed by atoms with E-state index in [1.165, 1.54) is 11.6 Å². The van der Waals surface area contributed by atoms with Crippen LogP contribution >= 0.6 is 0 Å². The van der Waals surface area contributed by atoms with Gasteiger partial charge in [0.05, 0.1) is 6.07 Å². The lowest BCUT2D eigenvalue weighted by molar-refractivity contribution is -0.116. The van der Waals surface area contributed by atoms with Crippen molar-refractivity contribution < 1.29 is 4.79 Å². The maximum absolute atomic E-state index is 10.3. The Hall–Kier alpha value is -2.60. The summed E-state index contributed by atoms with van der Waals surface area (Å²) in [5, 5.41) is 9.93. The largest absolute Gasteiger partial charge is 0.355 e. The summed E-state index contributed by atoms with van der Waals surface area (Å²) >= 11 is 0. The number of amides is 1. The molecule has 3 nitrogen and oxygen atoms in total. The molecule has 1 aromatic carbocycles. The molecule has 0 unspecified atom stereocenters. The van der Waals surface area contributed by atoms with Crippen LogP contribution in [0.15, 0.2) is 61.7 Å². The van der Waals surface area contributed by atoms with Gasteiger partial charge >= 0.3 is 0 Å². The van der Waals surface area contributed by atoms with E-state index in [4.69, 9.17) is 5.26 Å². The van der Waals surface area contributed by atoms with Crippen LogP contribution in [0.5, 0.6) is 0 Å². The van der Waals surface area contributed by atoms with Crippen LogP contribution in [0.1, 0.15) is 12.5 Å². The van der Waals surface area contributed by atoms with Crippen LogP contribution in [0, 0.1) is 11.3 Å². The van der Waals surface area contributed by atoms with E-state index in [0.717, 1.165) is 0 Å². The Balaban J connectivity index is 0. The monoisotopic (exact) mass is 256 g/mol. The average Bonchev–Trinajstić information content (AvgIpc) is 2.48. The number of carbonyl (C=O) groups excluding carboxylic acids is 1. The highest BCUT2D eigenvalue weighted by molar-refractivity contribution is 5.91. The Kier molecular flexibility index (Phi) is 13.3. The lowest BCUT2D eigenvalue weighted by Gasteiger charge is -1.91. The fraction of sp³-hybridized carbons (Fsp3) is 0.125. The second kappa shape index (κ2) is 13.5. The van der Waals surface area contributed by atoms with Gasteiger partial charge in [-0.15, -0.1) is 0 Å². The van der Waals surface area contributed by atoms with Gasteiger partial charge < -0.3 is 5.32 Å². The highest BCUT2D eigenvalue weighted by Gasteiger charge is 1.92. The Morgan fingerprint density at radius 2 is 1.79 bits per heavy atom. The van der Waals surface area contributed by atoms with Crippen molar-refractivity contribution in [2.75, 3.05) is 7.05 Å². The first-order chi connectivity index (χ1) is 9.03. The summed E-state index contributed by atoms with van der Waals surface area (Å²) in [4.78, 5) is 10.3. The van der Waals surface area contributed by atoms with Gasteiger partial charge in [-0.05, 0) is 12.5 Å². The van der Waals surface area contributed by atoms with Gasteiger partial charge in [0.25, 0.3) is 0 Å². The highest BCUT2D eigenvalue weighted by atomic mass is 16.1. The Labute approximate surface area is 115 Å². The quantitative estimate of drug-likeness (QED) is 0.651. The molecular weight excluding hydrogens is 236 g/mol. The number of rotatable bonds is 2. The molecule has 0 aliphatic carbocycles. The molecule has 3 heteroatoms. The van der Waals surface area contributed by atoms with Crippen molar-refractivity contribution in [3.8, 4) is 6.07 Å². The van der Waals surface area contributed by atoms with Crippen molar-refractivity contribution in [1.82, 2.24) is 5.32 Å². The third-order valence-corrected chi connectivity index (χ3v) is 1.74. The molecule has 0 aromatic heterocycles. The van der Waals surface area contributed by atoms with Crippen LogP contribution in [0.2, 0.25) is 0 Å². The number of allylic oxidation sites excluding steroid dienone is 1. The minimum absolute atomic E-state index is 0.0972. The lowest BCUT2D eigenvalue weighted by Crippen LogP contribution is -2.17. The zero-order valence-corrected chi connectivity index (χ0v) is 11.5. The van der Waals surface area contributed by atoms with Gasteiger partial charge in [-0.1, -0.05) is 56.1 Å². The van der Waals surface area contributed by atoms with Crippen molar-refractivity contribution in [3.05, 3.63) is 67.3 Å². The topological polar surface area (TPSA) is 52.9 Å². The van der Waals surface area contributed by atoms with E-state index in [1.54, 1.807) is 20.0 Å². The van der Waals surface area contributed by atoms with Crippen molar-refractivity contribution >= 4 is 12.0 Å². The smallest absolute Gasteiger partial charge is 0.246 e.